The standard InChI is InChI=1S/C22H36FN7O3/c1-4-18-24-20(19(23)21(25-18)29-10-9-28(3)15(2)12-29)26-27-22(32)17(13-30(33)14-31)11-16-7-5-6-8-16/h14-17,33H,4-13H2,1-3H3,(H,27,32)(H,24,25,26)/t15-,17-/m1/s1. The molecule has 1 saturated carbocycles. The summed E-state index contributed by atoms with van der Waals surface area (Å²) in [7, 11) is 2.04. The molecule has 1 saturated heterocycles. The fourth-order valence-electron chi connectivity index (χ4n) is 4.58. The summed E-state index contributed by atoms with van der Waals surface area (Å²) in [5, 5.41) is 10.1. The van der Waals surface area contributed by atoms with Crippen LogP contribution in [0.15, 0.2) is 0 Å². The molecule has 0 unspecified atom stereocenters. The van der Waals surface area contributed by atoms with Crippen molar-refractivity contribution in [1.82, 2.24) is 25.4 Å². The number of anilines is 2. The molecule has 2 amide bonds. The Kier molecular flexibility index (Phi) is 8.79. The predicted molar refractivity (Wildman–Crippen MR) is 122 cm³/mol. The first-order valence-electron chi connectivity index (χ1n) is 11.8. The van der Waals surface area contributed by atoms with Gasteiger partial charge in [0.1, 0.15) is 5.82 Å². The minimum Gasteiger partial charge on any atom is -0.351 e. The lowest BCUT2D eigenvalue weighted by Gasteiger charge is -2.38. The number of rotatable bonds is 10. The van der Waals surface area contributed by atoms with Gasteiger partial charge in [0, 0.05) is 32.1 Å². The maximum atomic E-state index is 15.4. The molecule has 0 bridgehead atoms. The average Bonchev–Trinajstić information content (AvgIpc) is 3.32. The number of carbonyl (C=O) groups excluding carboxylic acids is 2. The minimum absolute atomic E-state index is 0.0901. The maximum absolute atomic E-state index is 15.4. The van der Waals surface area contributed by atoms with Gasteiger partial charge in [0.25, 0.3) is 0 Å². The number of halogens is 1. The van der Waals surface area contributed by atoms with Gasteiger partial charge >= 0.3 is 0 Å². The lowest BCUT2D eigenvalue weighted by Crippen LogP contribution is -2.50. The molecule has 0 aromatic carbocycles. The van der Waals surface area contributed by atoms with Crippen LogP contribution in [0.3, 0.4) is 0 Å². The van der Waals surface area contributed by atoms with Crippen molar-refractivity contribution in [3.8, 4) is 0 Å². The van der Waals surface area contributed by atoms with Crippen LogP contribution in [0.25, 0.3) is 0 Å². The zero-order chi connectivity index (χ0) is 24.0. The normalized spacial score (nSPS) is 20.5. The van der Waals surface area contributed by atoms with Crippen molar-refractivity contribution >= 4 is 24.0 Å². The molecular formula is C22H36FN7O3. The predicted octanol–water partition coefficient (Wildman–Crippen LogP) is 1.81. The van der Waals surface area contributed by atoms with E-state index in [1.165, 1.54) is 0 Å². The highest BCUT2D eigenvalue weighted by molar-refractivity contribution is 5.80. The molecule has 3 rings (SSSR count). The van der Waals surface area contributed by atoms with Crippen molar-refractivity contribution in [1.29, 1.82) is 0 Å². The second kappa shape index (κ2) is 11.6. The number of likely N-dealkylation sites (N-methyl/N-ethyl adjacent to an activating group) is 1. The van der Waals surface area contributed by atoms with Gasteiger partial charge in [0.05, 0.1) is 12.5 Å². The Balaban J connectivity index is 1.72. The molecule has 1 aliphatic heterocycles. The Bertz CT molecular complexity index is 821. The van der Waals surface area contributed by atoms with E-state index in [1.54, 1.807) is 0 Å². The van der Waals surface area contributed by atoms with Gasteiger partial charge < -0.3 is 9.80 Å². The first kappa shape index (κ1) is 25.1. The number of hydroxylamine groups is 2. The quantitative estimate of drug-likeness (QED) is 0.272. The van der Waals surface area contributed by atoms with E-state index >= 15 is 4.39 Å². The third kappa shape index (κ3) is 6.50. The van der Waals surface area contributed by atoms with Crippen molar-refractivity contribution in [2.75, 3.05) is 43.6 Å². The second-order valence-electron chi connectivity index (χ2n) is 9.18. The van der Waals surface area contributed by atoms with E-state index in [0.29, 0.717) is 42.7 Å². The van der Waals surface area contributed by atoms with Crippen molar-refractivity contribution in [3.63, 3.8) is 0 Å². The van der Waals surface area contributed by atoms with Crippen LogP contribution in [0.4, 0.5) is 16.0 Å². The molecule has 0 radical (unpaired) electrons. The number of aryl methyl sites for hydroxylation is 1. The Morgan fingerprint density at radius 3 is 2.70 bits per heavy atom. The number of nitrogens with one attached hydrogen (secondary N) is 2. The molecule has 2 aliphatic rings. The van der Waals surface area contributed by atoms with E-state index in [2.05, 4.69) is 32.6 Å². The van der Waals surface area contributed by atoms with Crippen LogP contribution >= 0.6 is 0 Å². The molecule has 1 aliphatic carbocycles. The summed E-state index contributed by atoms with van der Waals surface area (Å²) in [5.74, 6) is -0.684. The van der Waals surface area contributed by atoms with Crippen molar-refractivity contribution in [2.45, 2.75) is 58.4 Å². The largest absolute Gasteiger partial charge is 0.351 e. The summed E-state index contributed by atoms with van der Waals surface area (Å²) in [6, 6.07) is 0.255. The smallest absolute Gasteiger partial charge is 0.243 e. The number of hydrogen-bond acceptors (Lipinski definition) is 8. The van der Waals surface area contributed by atoms with E-state index in [-0.39, 0.29) is 30.6 Å². The van der Waals surface area contributed by atoms with Gasteiger partial charge in [-0.25, -0.2) is 15.0 Å². The highest BCUT2D eigenvalue weighted by Crippen LogP contribution is 2.31. The summed E-state index contributed by atoms with van der Waals surface area (Å²) in [6.07, 6.45) is 5.63. The van der Waals surface area contributed by atoms with Gasteiger partial charge in [-0.05, 0) is 26.3 Å². The fourth-order valence-corrected chi connectivity index (χ4v) is 4.58. The summed E-state index contributed by atoms with van der Waals surface area (Å²) in [5.41, 5.74) is 5.17. The highest BCUT2D eigenvalue weighted by atomic mass is 19.1. The monoisotopic (exact) mass is 465 g/mol. The van der Waals surface area contributed by atoms with Gasteiger partial charge in [0.2, 0.25) is 18.1 Å². The summed E-state index contributed by atoms with van der Waals surface area (Å²) < 4.78 is 15.4. The van der Waals surface area contributed by atoms with Gasteiger partial charge in [-0.3, -0.25) is 25.6 Å². The molecule has 33 heavy (non-hydrogen) atoms. The molecule has 2 fully saturated rings. The first-order valence-corrected chi connectivity index (χ1v) is 11.8. The van der Waals surface area contributed by atoms with Crippen LogP contribution in [0.1, 0.15) is 51.8 Å². The maximum Gasteiger partial charge on any atom is 0.243 e. The van der Waals surface area contributed by atoms with Crippen LogP contribution in [0.2, 0.25) is 0 Å². The van der Waals surface area contributed by atoms with Crippen LogP contribution in [0.5, 0.6) is 0 Å². The third-order valence-corrected chi connectivity index (χ3v) is 6.75. The van der Waals surface area contributed by atoms with Gasteiger partial charge in [-0.1, -0.05) is 32.6 Å². The van der Waals surface area contributed by atoms with Crippen molar-refractivity contribution in [2.24, 2.45) is 11.8 Å². The number of nitrogens with zero attached hydrogens (tertiary/aromatic N) is 5. The van der Waals surface area contributed by atoms with E-state index in [0.717, 1.165) is 32.2 Å². The average molecular weight is 466 g/mol. The molecule has 10 nitrogen and oxygen atoms in total. The molecule has 2 heterocycles. The Morgan fingerprint density at radius 2 is 2.06 bits per heavy atom. The minimum atomic E-state index is -0.621. The molecule has 1 aromatic heterocycles. The molecule has 0 spiro atoms. The van der Waals surface area contributed by atoms with Gasteiger partial charge in [0.15, 0.2) is 11.6 Å². The molecular weight excluding hydrogens is 429 g/mol. The van der Waals surface area contributed by atoms with Crippen LogP contribution in [0, 0.1) is 17.7 Å². The molecule has 1 aromatic rings. The number of hydrogen-bond donors (Lipinski definition) is 3. The van der Waals surface area contributed by atoms with Crippen molar-refractivity contribution < 1.29 is 19.2 Å². The first-order chi connectivity index (χ1) is 15.8. The summed E-state index contributed by atoms with van der Waals surface area (Å²) in [6.45, 7) is 5.93. The highest BCUT2D eigenvalue weighted by Gasteiger charge is 2.29. The van der Waals surface area contributed by atoms with E-state index in [4.69, 9.17) is 0 Å². The topological polar surface area (TPSA) is 114 Å². The second-order valence-corrected chi connectivity index (χ2v) is 9.18. The number of carbonyl (C=O) groups is 2. The molecule has 11 heteroatoms. The van der Waals surface area contributed by atoms with E-state index < -0.39 is 17.6 Å². The zero-order valence-corrected chi connectivity index (χ0v) is 19.8. The Labute approximate surface area is 194 Å². The third-order valence-electron chi connectivity index (χ3n) is 6.75. The van der Waals surface area contributed by atoms with Crippen molar-refractivity contribution in [3.05, 3.63) is 11.6 Å². The summed E-state index contributed by atoms with van der Waals surface area (Å²) >= 11 is 0. The number of amides is 2. The summed E-state index contributed by atoms with van der Waals surface area (Å²) in [4.78, 5) is 36.5. The molecule has 184 valence electrons. The lowest BCUT2D eigenvalue weighted by molar-refractivity contribution is -0.154. The van der Waals surface area contributed by atoms with Gasteiger partial charge in [-0.15, -0.1) is 0 Å². The SMILES string of the molecule is CCc1nc(NNC(=O)[C@H](CC2CCCC2)CN(O)C=O)c(F)c(N2CCN(C)[C@H](C)C2)n1. The molecule has 2 atom stereocenters. The lowest BCUT2D eigenvalue weighted by atomic mass is 9.92. The molecule has 3 N–H and O–H groups in total. The van der Waals surface area contributed by atoms with E-state index in [9.17, 15) is 14.8 Å². The Hall–Kier alpha value is -2.53. The number of hydrazine groups is 1. The van der Waals surface area contributed by atoms with Gasteiger partial charge in [-0.2, -0.15) is 4.39 Å². The van der Waals surface area contributed by atoms with Crippen LogP contribution in [-0.2, 0) is 16.0 Å². The Morgan fingerprint density at radius 1 is 1.33 bits per heavy atom. The van der Waals surface area contributed by atoms with Crippen LogP contribution < -0.4 is 15.8 Å². The van der Waals surface area contributed by atoms with Crippen LogP contribution in [-0.4, -0.2) is 76.7 Å². The zero-order valence-electron chi connectivity index (χ0n) is 19.8. The number of aromatic nitrogens is 2. The fraction of sp³-hybridized carbons (Fsp3) is 0.727. The van der Waals surface area contributed by atoms with E-state index in [1.807, 2.05) is 18.9 Å². The number of piperazine rings is 1.